The number of aromatic hydroxyl groups is 1. The lowest BCUT2D eigenvalue weighted by Crippen LogP contribution is -2.49. The summed E-state index contributed by atoms with van der Waals surface area (Å²) >= 11 is 0. The van der Waals surface area contributed by atoms with Crippen molar-refractivity contribution in [3.63, 3.8) is 0 Å². The molecular weight excluding hydrogens is 411 g/mol. The number of alkyl halides is 3. The van der Waals surface area contributed by atoms with Crippen LogP contribution in [0.15, 0.2) is 53.1 Å². The van der Waals surface area contributed by atoms with Gasteiger partial charge in [-0.1, -0.05) is 35.5 Å². The highest BCUT2D eigenvalue weighted by Crippen LogP contribution is 2.38. The highest BCUT2D eigenvalue weighted by atomic mass is 19.4. The number of halogens is 3. The first-order valence-corrected chi connectivity index (χ1v) is 9.72. The monoisotopic (exact) mass is 431 g/mol. The Hall–Kier alpha value is -3.49. The van der Waals surface area contributed by atoms with Crippen molar-refractivity contribution in [3.05, 3.63) is 65.4 Å². The van der Waals surface area contributed by atoms with Gasteiger partial charge < -0.3 is 19.4 Å². The van der Waals surface area contributed by atoms with Gasteiger partial charge >= 0.3 is 6.18 Å². The van der Waals surface area contributed by atoms with Crippen LogP contribution in [0.1, 0.15) is 21.7 Å². The van der Waals surface area contributed by atoms with Gasteiger partial charge in [0.15, 0.2) is 0 Å². The third-order valence-corrected chi connectivity index (χ3v) is 5.35. The van der Waals surface area contributed by atoms with Crippen LogP contribution in [0.25, 0.3) is 11.3 Å². The molecule has 0 atom stereocenters. The molecule has 0 aliphatic carbocycles. The summed E-state index contributed by atoms with van der Waals surface area (Å²) in [6.07, 6.45) is -4.59. The van der Waals surface area contributed by atoms with Crippen LogP contribution < -0.4 is 4.90 Å². The fraction of sp³-hybridized carbons (Fsp3) is 0.273. The average molecular weight is 431 g/mol. The van der Waals surface area contributed by atoms with E-state index < -0.39 is 17.6 Å². The number of benzene rings is 2. The van der Waals surface area contributed by atoms with E-state index in [4.69, 9.17) is 4.52 Å². The molecule has 0 bridgehead atoms. The fourth-order valence-corrected chi connectivity index (χ4v) is 3.78. The van der Waals surface area contributed by atoms with Crippen LogP contribution in [0.3, 0.4) is 0 Å². The molecule has 31 heavy (non-hydrogen) atoms. The van der Waals surface area contributed by atoms with Gasteiger partial charge in [-0.2, -0.15) is 13.2 Å². The van der Waals surface area contributed by atoms with Gasteiger partial charge in [0.25, 0.3) is 5.91 Å². The number of aryl methyl sites for hydroxylation is 1. The lowest BCUT2D eigenvalue weighted by Gasteiger charge is -2.36. The van der Waals surface area contributed by atoms with Crippen LogP contribution in [0, 0.1) is 6.92 Å². The molecule has 2 heterocycles. The zero-order valence-corrected chi connectivity index (χ0v) is 16.7. The number of phenols is 1. The Labute approximate surface area is 176 Å². The molecule has 1 amide bonds. The third-order valence-electron chi connectivity index (χ3n) is 5.35. The zero-order valence-electron chi connectivity index (χ0n) is 16.7. The van der Waals surface area contributed by atoms with E-state index in [9.17, 15) is 23.1 Å². The normalized spacial score (nSPS) is 14.7. The van der Waals surface area contributed by atoms with Crippen molar-refractivity contribution in [1.82, 2.24) is 10.1 Å². The van der Waals surface area contributed by atoms with Gasteiger partial charge in [0, 0.05) is 31.7 Å². The molecule has 6 nitrogen and oxygen atoms in total. The van der Waals surface area contributed by atoms with E-state index >= 15 is 0 Å². The molecule has 0 unspecified atom stereocenters. The van der Waals surface area contributed by atoms with Gasteiger partial charge in [-0.3, -0.25) is 4.79 Å². The molecule has 4 rings (SSSR count). The quantitative estimate of drug-likeness (QED) is 0.668. The standard InChI is InChI=1S/C22H20F3N3O3/c1-14-19(20(26-31-14)15-6-2-3-7-16(15)22(23,24)25)21(30)28-12-10-27(11-13-28)17-8-4-5-9-18(17)29/h2-9,29H,10-13H2,1H3. The minimum atomic E-state index is -4.59. The molecule has 3 aromatic rings. The Bertz CT molecular complexity index is 1100. The van der Waals surface area contributed by atoms with Crippen molar-refractivity contribution < 1.29 is 27.6 Å². The van der Waals surface area contributed by atoms with E-state index in [1.807, 2.05) is 11.0 Å². The minimum absolute atomic E-state index is 0.0349. The van der Waals surface area contributed by atoms with Gasteiger partial charge in [0.2, 0.25) is 0 Å². The fourth-order valence-electron chi connectivity index (χ4n) is 3.78. The summed E-state index contributed by atoms with van der Waals surface area (Å²) in [5.41, 5.74) is -0.466. The molecule has 1 aliphatic rings. The predicted octanol–water partition coefficient (Wildman–Crippen LogP) is 4.34. The summed E-state index contributed by atoms with van der Waals surface area (Å²) in [6.45, 7) is 3.15. The van der Waals surface area contributed by atoms with E-state index in [2.05, 4.69) is 5.16 Å². The zero-order chi connectivity index (χ0) is 22.2. The number of piperazine rings is 1. The lowest BCUT2D eigenvalue weighted by molar-refractivity contribution is -0.137. The molecule has 162 valence electrons. The van der Waals surface area contributed by atoms with Crippen LogP contribution in [0.5, 0.6) is 5.75 Å². The summed E-state index contributed by atoms with van der Waals surface area (Å²) in [7, 11) is 0. The van der Waals surface area contributed by atoms with Gasteiger partial charge in [0.05, 0.1) is 11.3 Å². The predicted molar refractivity (Wildman–Crippen MR) is 108 cm³/mol. The number of hydrogen-bond acceptors (Lipinski definition) is 5. The minimum Gasteiger partial charge on any atom is -0.506 e. The van der Waals surface area contributed by atoms with Gasteiger partial charge in [-0.15, -0.1) is 0 Å². The second kappa shape index (κ2) is 7.98. The first kappa shape index (κ1) is 20.8. The molecule has 1 fully saturated rings. The number of nitrogens with zero attached hydrogens (tertiary/aromatic N) is 3. The molecule has 0 radical (unpaired) electrons. The van der Waals surface area contributed by atoms with Crippen molar-refractivity contribution in [3.8, 4) is 17.0 Å². The molecule has 1 aliphatic heterocycles. The number of carbonyl (C=O) groups is 1. The SMILES string of the molecule is Cc1onc(-c2ccccc2C(F)(F)F)c1C(=O)N1CCN(c2ccccc2O)CC1. The number of amides is 1. The van der Waals surface area contributed by atoms with Crippen molar-refractivity contribution >= 4 is 11.6 Å². The Morgan fingerprint density at radius 2 is 1.68 bits per heavy atom. The van der Waals surface area contributed by atoms with E-state index in [1.54, 1.807) is 23.1 Å². The summed E-state index contributed by atoms with van der Waals surface area (Å²) in [6, 6.07) is 11.9. The highest BCUT2D eigenvalue weighted by Gasteiger charge is 2.36. The second-order valence-electron chi connectivity index (χ2n) is 7.27. The molecule has 1 aromatic heterocycles. The maximum atomic E-state index is 13.5. The Kier molecular flexibility index (Phi) is 5.34. The highest BCUT2D eigenvalue weighted by molar-refractivity contribution is 6.01. The van der Waals surface area contributed by atoms with Crippen molar-refractivity contribution in [2.24, 2.45) is 0 Å². The largest absolute Gasteiger partial charge is 0.506 e. The van der Waals surface area contributed by atoms with Gasteiger partial charge in [-0.05, 0) is 25.1 Å². The smallest absolute Gasteiger partial charge is 0.417 e. The summed E-state index contributed by atoms with van der Waals surface area (Å²) in [5, 5.41) is 13.8. The number of carbonyl (C=O) groups excluding carboxylic acids is 1. The maximum Gasteiger partial charge on any atom is 0.417 e. The van der Waals surface area contributed by atoms with E-state index in [0.717, 1.165) is 6.07 Å². The van der Waals surface area contributed by atoms with Crippen LogP contribution in [0.4, 0.5) is 18.9 Å². The second-order valence-corrected chi connectivity index (χ2v) is 7.27. The molecule has 1 N–H and O–H groups in total. The lowest BCUT2D eigenvalue weighted by atomic mass is 9.99. The van der Waals surface area contributed by atoms with E-state index in [0.29, 0.717) is 31.9 Å². The number of para-hydroxylation sites is 2. The van der Waals surface area contributed by atoms with Crippen molar-refractivity contribution in [1.29, 1.82) is 0 Å². The van der Waals surface area contributed by atoms with Gasteiger partial charge in [-0.25, -0.2) is 0 Å². The average Bonchev–Trinajstić information content (AvgIpc) is 3.14. The van der Waals surface area contributed by atoms with Crippen LogP contribution in [-0.2, 0) is 6.18 Å². The number of phenolic OH excluding ortho intramolecular Hbond substituents is 1. The Morgan fingerprint density at radius 3 is 2.35 bits per heavy atom. The Morgan fingerprint density at radius 1 is 1.03 bits per heavy atom. The molecule has 9 heteroatoms. The van der Waals surface area contributed by atoms with Crippen molar-refractivity contribution in [2.75, 3.05) is 31.1 Å². The molecule has 0 saturated carbocycles. The molecular formula is C22H20F3N3O3. The van der Waals surface area contributed by atoms with Crippen LogP contribution in [-0.4, -0.2) is 47.2 Å². The molecule has 2 aromatic carbocycles. The maximum absolute atomic E-state index is 13.5. The first-order valence-electron chi connectivity index (χ1n) is 9.72. The molecule has 0 spiro atoms. The van der Waals surface area contributed by atoms with Crippen LogP contribution in [0.2, 0.25) is 0 Å². The number of rotatable bonds is 3. The van der Waals surface area contributed by atoms with E-state index in [1.165, 1.54) is 25.1 Å². The Balaban J connectivity index is 1.59. The topological polar surface area (TPSA) is 69.8 Å². The van der Waals surface area contributed by atoms with Crippen LogP contribution >= 0.6 is 0 Å². The number of aromatic nitrogens is 1. The number of hydrogen-bond donors (Lipinski definition) is 1. The summed E-state index contributed by atoms with van der Waals surface area (Å²) in [4.78, 5) is 16.7. The van der Waals surface area contributed by atoms with Crippen molar-refractivity contribution in [2.45, 2.75) is 13.1 Å². The van der Waals surface area contributed by atoms with Gasteiger partial charge in [0.1, 0.15) is 22.8 Å². The number of anilines is 1. The molecule has 1 saturated heterocycles. The summed E-state index contributed by atoms with van der Waals surface area (Å²) in [5.74, 6) is -0.106. The summed E-state index contributed by atoms with van der Waals surface area (Å²) < 4.78 is 45.6. The third kappa shape index (κ3) is 3.95. The van der Waals surface area contributed by atoms with E-state index in [-0.39, 0.29) is 28.3 Å². The first-order chi connectivity index (χ1) is 14.8.